The van der Waals surface area contributed by atoms with E-state index in [-0.39, 0.29) is 23.6 Å². The molecule has 0 aromatic heterocycles. The van der Waals surface area contributed by atoms with Crippen LogP contribution in [0.3, 0.4) is 0 Å². The lowest BCUT2D eigenvalue weighted by molar-refractivity contribution is -0.137. The predicted molar refractivity (Wildman–Crippen MR) is 137 cm³/mol. The Bertz CT molecular complexity index is 1490. The number of nitrogens with zero attached hydrogens (tertiary/aromatic N) is 1. The third kappa shape index (κ3) is 2.39. The fourth-order valence-electron chi connectivity index (χ4n) is 7.45. The summed E-state index contributed by atoms with van der Waals surface area (Å²) in [5.41, 5.74) is 1.40. The molecule has 2 N–H and O–H groups in total. The van der Waals surface area contributed by atoms with Gasteiger partial charge in [0.15, 0.2) is 5.78 Å². The van der Waals surface area contributed by atoms with Gasteiger partial charge >= 0.3 is 0 Å². The number of Topliss-reactive ketones (excluding diaryl/α,β-unsaturated/α-hetero) is 1. The number of amides is 2. The molecule has 4 aliphatic heterocycles. The van der Waals surface area contributed by atoms with Gasteiger partial charge in [-0.2, -0.15) is 0 Å². The Labute approximate surface area is 213 Å². The molecule has 4 aliphatic rings. The highest BCUT2D eigenvalue weighted by Crippen LogP contribution is 2.67. The quantitative estimate of drug-likeness (QED) is 0.505. The van der Waals surface area contributed by atoms with Crippen LogP contribution in [0.2, 0.25) is 5.02 Å². The Morgan fingerprint density at radius 3 is 2.47 bits per heavy atom. The zero-order chi connectivity index (χ0) is 24.8. The van der Waals surface area contributed by atoms with Crippen LogP contribution in [-0.4, -0.2) is 35.1 Å². The van der Waals surface area contributed by atoms with Crippen molar-refractivity contribution in [3.8, 4) is 0 Å². The van der Waals surface area contributed by atoms with Gasteiger partial charge in [-0.1, -0.05) is 59.6 Å². The Balaban J connectivity index is 1.59. The largest absolute Gasteiger partial charge is 0.325 e. The van der Waals surface area contributed by atoms with Crippen LogP contribution in [0.1, 0.15) is 39.9 Å². The molecule has 3 aromatic carbocycles. The van der Waals surface area contributed by atoms with Crippen LogP contribution in [0, 0.1) is 12.8 Å². The number of ketones is 1. The molecule has 2 fully saturated rings. The maximum atomic E-state index is 14.5. The number of fused-ring (bicyclic) bond motifs is 7. The van der Waals surface area contributed by atoms with E-state index in [1.54, 1.807) is 18.2 Å². The van der Waals surface area contributed by atoms with Crippen LogP contribution in [-0.2, 0) is 20.5 Å². The second-order valence-electron chi connectivity index (χ2n) is 10.3. The summed E-state index contributed by atoms with van der Waals surface area (Å²) >= 11 is 6.49. The summed E-state index contributed by atoms with van der Waals surface area (Å²) in [4.78, 5) is 45.3. The minimum atomic E-state index is -1.45. The lowest BCUT2D eigenvalue weighted by Crippen LogP contribution is -2.62. The number of halogens is 1. The van der Waals surface area contributed by atoms with Crippen LogP contribution >= 0.6 is 11.6 Å². The van der Waals surface area contributed by atoms with E-state index in [1.165, 1.54) is 0 Å². The minimum Gasteiger partial charge on any atom is -0.325 e. The summed E-state index contributed by atoms with van der Waals surface area (Å²) in [7, 11) is 0. The predicted octanol–water partition coefficient (Wildman–Crippen LogP) is 4.66. The Hall–Kier alpha value is -3.48. The molecule has 0 radical (unpaired) electrons. The second-order valence-corrected chi connectivity index (χ2v) is 10.7. The molecule has 0 unspecified atom stereocenters. The van der Waals surface area contributed by atoms with Crippen LogP contribution in [0.15, 0.2) is 66.7 Å². The van der Waals surface area contributed by atoms with E-state index in [9.17, 15) is 14.4 Å². The molecule has 3 aromatic rings. The molecule has 4 atom stereocenters. The highest BCUT2D eigenvalue weighted by Gasteiger charge is 2.81. The standard InChI is InChI=1S/C29H24ClN3O3/c1-16-8-10-17(11-9-16)25(34)24-23-7-4-14-33(23)29(20-15-18(30)12-13-22(20)32-27(29)36)28(24)19-5-2-3-6-21(19)31-26(28)35/h2-3,5-6,8-13,15,23-24H,4,7,14H2,1H3,(H,31,35)(H,32,36)/t23-,24-,28+,29+/m1/s1. The van der Waals surface area contributed by atoms with Gasteiger partial charge in [-0.05, 0) is 56.1 Å². The van der Waals surface area contributed by atoms with Crippen molar-refractivity contribution in [2.24, 2.45) is 5.92 Å². The van der Waals surface area contributed by atoms with Gasteiger partial charge in [-0.3, -0.25) is 19.3 Å². The molecule has 0 aliphatic carbocycles. The molecule has 7 heteroatoms. The maximum absolute atomic E-state index is 14.5. The number of hydrogen-bond acceptors (Lipinski definition) is 4. The van der Waals surface area contributed by atoms with E-state index in [0.29, 0.717) is 39.6 Å². The van der Waals surface area contributed by atoms with Crippen LogP contribution in [0.25, 0.3) is 0 Å². The number of carbonyl (C=O) groups excluding carboxylic acids is 3. The topological polar surface area (TPSA) is 78.5 Å². The molecular formula is C29H24ClN3O3. The van der Waals surface area contributed by atoms with E-state index < -0.39 is 16.9 Å². The van der Waals surface area contributed by atoms with Crippen molar-refractivity contribution in [1.29, 1.82) is 0 Å². The number of para-hydroxylation sites is 1. The Kier molecular flexibility index (Phi) is 4.40. The van der Waals surface area contributed by atoms with Gasteiger partial charge in [0.25, 0.3) is 5.91 Å². The number of carbonyl (C=O) groups is 3. The van der Waals surface area contributed by atoms with Crippen LogP contribution in [0.4, 0.5) is 11.4 Å². The number of hydrogen-bond donors (Lipinski definition) is 2. The summed E-state index contributed by atoms with van der Waals surface area (Å²) in [6.07, 6.45) is 1.57. The van der Waals surface area contributed by atoms with Gasteiger partial charge < -0.3 is 10.6 Å². The molecule has 2 saturated heterocycles. The highest BCUT2D eigenvalue weighted by molar-refractivity contribution is 6.31. The molecule has 0 saturated carbocycles. The highest BCUT2D eigenvalue weighted by atomic mass is 35.5. The monoisotopic (exact) mass is 497 g/mol. The normalized spacial score (nSPS) is 29.8. The molecule has 180 valence electrons. The lowest BCUT2D eigenvalue weighted by atomic mass is 9.57. The number of rotatable bonds is 2. The molecule has 6 nitrogen and oxygen atoms in total. The number of benzene rings is 3. The van der Waals surface area contributed by atoms with Gasteiger partial charge in [0, 0.05) is 33.6 Å². The van der Waals surface area contributed by atoms with Crippen molar-refractivity contribution in [3.05, 3.63) is 94.0 Å². The number of anilines is 2. The molecule has 2 spiro atoms. The van der Waals surface area contributed by atoms with Gasteiger partial charge in [0.05, 0.1) is 5.92 Å². The summed E-state index contributed by atoms with van der Waals surface area (Å²) in [5, 5.41) is 6.58. The first-order valence-corrected chi connectivity index (χ1v) is 12.7. The van der Waals surface area contributed by atoms with E-state index in [2.05, 4.69) is 15.5 Å². The zero-order valence-electron chi connectivity index (χ0n) is 19.7. The third-order valence-electron chi connectivity index (χ3n) is 8.68. The number of nitrogens with one attached hydrogen (secondary N) is 2. The zero-order valence-corrected chi connectivity index (χ0v) is 20.4. The molecule has 2 amide bonds. The summed E-state index contributed by atoms with van der Waals surface area (Å²) < 4.78 is 0. The van der Waals surface area contributed by atoms with Crippen LogP contribution in [0.5, 0.6) is 0 Å². The summed E-state index contributed by atoms with van der Waals surface area (Å²) in [5.74, 6) is -1.45. The Morgan fingerprint density at radius 1 is 0.944 bits per heavy atom. The number of aryl methyl sites for hydroxylation is 1. The van der Waals surface area contributed by atoms with Crippen molar-refractivity contribution in [2.75, 3.05) is 17.2 Å². The van der Waals surface area contributed by atoms with Crippen molar-refractivity contribution in [2.45, 2.75) is 36.8 Å². The maximum Gasteiger partial charge on any atom is 0.251 e. The van der Waals surface area contributed by atoms with Gasteiger partial charge in [0.1, 0.15) is 11.0 Å². The van der Waals surface area contributed by atoms with Crippen molar-refractivity contribution in [1.82, 2.24) is 4.90 Å². The second kappa shape index (κ2) is 7.28. The third-order valence-corrected chi connectivity index (χ3v) is 8.91. The molecule has 0 bridgehead atoms. The Morgan fingerprint density at radius 2 is 1.67 bits per heavy atom. The van der Waals surface area contributed by atoms with Gasteiger partial charge in [-0.15, -0.1) is 0 Å². The lowest BCUT2D eigenvalue weighted by Gasteiger charge is -2.43. The van der Waals surface area contributed by atoms with Gasteiger partial charge in [0.2, 0.25) is 5.91 Å². The average Bonchev–Trinajstić information content (AvgIpc) is 3.58. The van der Waals surface area contributed by atoms with Crippen molar-refractivity contribution >= 4 is 40.6 Å². The first-order chi connectivity index (χ1) is 17.4. The van der Waals surface area contributed by atoms with Crippen molar-refractivity contribution in [3.63, 3.8) is 0 Å². The van der Waals surface area contributed by atoms with E-state index in [0.717, 1.165) is 18.4 Å². The average molecular weight is 498 g/mol. The SMILES string of the molecule is Cc1ccc(C(=O)[C@H]2[C@H]3CCCN3[C@@]3(C(=O)Nc4ccc(Cl)cc43)[C@]23C(=O)Nc2ccccc23)cc1. The smallest absolute Gasteiger partial charge is 0.251 e. The molecule has 36 heavy (non-hydrogen) atoms. The molecule has 4 heterocycles. The van der Waals surface area contributed by atoms with E-state index in [4.69, 9.17) is 11.6 Å². The van der Waals surface area contributed by atoms with Crippen LogP contribution < -0.4 is 10.6 Å². The molecule has 7 rings (SSSR count). The minimum absolute atomic E-state index is 0.112. The van der Waals surface area contributed by atoms with Crippen molar-refractivity contribution < 1.29 is 14.4 Å². The fraction of sp³-hybridized carbons (Fsp3) is 0.276. The van der Waals surface area contributed by atoms with Gasteiger partial charge in [-0.25, -0.2) is 0 Å². The van der Waals surface area contributed by atoms with E-state index in [1.807, 2.05) is 55.5 Å². The summed E-state index contributed by atoms with van der Waals surface area (Å²) in [6, 6.07) is 20.0. The summed E-state index contributed by atoms with van der Waals surface area (Å²) in [6.45, 7) is 2.59. The first kappa shape index (κ1) is 21.8. The van der Waals surface area contributed by atoms with E-state index >= 15 is 0 Å². The molecular weight excluding hydrogens is 474 g/mol. The first-order valence-electron chi connectivity index (χ1n) is 12.3. The fourth-order valence-corrected chi connectivity index (χ4v) is 7.62.